The van der Waals surface area contributed by atoms with Gasteiger partial charge in [-0.3, -0.25) is 0 Å². The van der Waals surface area contributed by atoms with Crippen LogP contribution in [-0.2, 0) is 0 Å². The Hall–Kier alpha value is -6.58. The molecule has 2 aliphatic carbocycles. The Morgan fingerprint density at radius 1 is 0.475 bits per heavy atom. The van der Waals surface area contributed by atoms with Crippen molar-refractivity contribution in [2.45, 2.75) is 0 Å². The zero-order chi connectivity index (χ0) is 28.6. The molecule has 3 aromatic rings. The molecule has 0 atom stereocenters. The highest BCUT2D eigenvalue weighted by Crippen LogP contribution is 2.54. The van der Waals surface area contributed by atoms with Crippen molar-refractivity contribution in [1.82, 2.24) is 0 Å². The van der Waals surface area contributed by atoms with Gasteiger partial charge in [-0.15, -0.1) is 0 Å². The zero-order valence-electron chi connectivity index (χ0n) is 20.2. The SMILES string of the molecule is N#CC(C#N)=C1C(c2ccc(F)cc2)=C(C#N)c2cc3c(cc21)C(C#N)=C(c1ccc(F)cc1)C3=C(C#N)C#N. The molecular formula is C32H10F2N6. The van der Waals surface area contributed by atoms with Crippen molar-refractivity contribution in [3.05, 3.63) is 117 Å². The van der Waals surface area contributed by atoms with Crippen LogP contribution >= 0.6 is 0 Å². The summed E-state index contributed by atoms with van der Waals surface area (Å²) in [5.74, 6) is -1.03. The summed E-state index contributed by atoms with van der Waals surface area (Å²) in [6.45, 7) is 0. The van der Waals surface area contributed by atoms with Crippen molar-refractivity contribution in [2.75, 3.05) is 0 Å². The maximum absolute atomic E-state index is 13.7. The summed E-state index contributed by atoms with van der Waals surface area (Å²) >= 11 is 0. The number of nitriles is 6. The molecule has 0 spiro atoms. The lowest BCUT2D eigenvalue weighted by molar-refractivity contribution is 0.627. The first kappa shape index (κ1) is 25.1. The molecule has 0 unspecified atom stereocenters. The first-order valence-electron chi connectivity index (χ1n) is 11.5. The van der Waals surface area contributed by atoms with E-state index in [1.54, 1.807) is 12.1 Å². The van der Waals surface area contributed by atoms with Gasteiger partial charge in [-0.05, 0) is 58.7 Å². The zero-order valence-corrected chi connectivity index (χ0v) is 20.2. The van der Waals surface area contributed by atoms with Gasteiger partial charge in [-0.1, -0.05) is 24.3 Å². The van der Waals surface area contributed by atoms with E-state index in [1.807, 2.05) is 24.3 Å². The Labute approximate surface area is 227 Å². The van der Waals surface area contributed by atoms with Crippen molar-refractivity contribution in [3.8, 4) is 36.4 Å². The van der Waals surface area contributed by atoms with Gasteiger partial charge in [-0.2, -0.15) is 31.6 Å². The van der Waals surface area contributed by atoms with E-state index in [2.05, 4.69) is 12.1 Å². The monoisotopic (exact) mass is 516 g/mol. The van der Waals surface area contributed by atoms with Crippen molar-refractivity contribution < 1.29 is 8.78 Å². The quantitative estimate of drug-likeness (QED) is 0.358. The van der Waals surface area contributed by atoms with Crippen molar-refractivity contribution in [2.24, 2.45) is 0 Å². The molecule has 0 fully saturated rings. The predicted molar refractivity (Wildman–Crippen MR) is 140 cm³/mol. The fourth-order valence-electron chi connectivity index (χ4n) is 5.05. The van der Waals surface area contributed by atoms with Gasteiger partial charge in [0.1, 0.15) is 59.2 Å². The summed E-state index contributed by atoms with van der Waals surface area (Å²) in [5.41, 5.74) is 2.39. The molecule has 6 nitrogen and oxygen atoms in total. The van der Waals surface area contributed by atoms with E-state index in [-0.39, 0.29) is 44.6 Å². The number of nitrogens with zero attached hydrogens (tertiary/aromatic N) is 6. The van der Waals surface area contributed by atoms with E-state index >= 15 is 0 Å². The highest BCUT2D eigenvalue weighted by Gasteiger charge is 2.37. The van der Waals surface area contributed by atoms with Crippen LogP contribution in [0.4, 0.5) is 8.78 Å². The summed E-state index contributed by atoms with van der Waals surface area (Å²) in [6.07, 6.45) is 0. The summed E-state index contributed by atoms with van der Waals surface area (Å²) in [7, 11) is 0. The molecule has 0 saturated heterocycles. The normalized spacial score (nSPS) is 12.8. The molecule has 3 aromatic carbocycles. The average molecular weight is 516 g/mol. The van der Waals surface area contributed by atoms with E-state index in [9.17, 15) is 40.4 Å². The van der Waals surface area contributed by atoms with Gasteiger partial charge in [0, 0.05) is 33.4 Å². The highest BCUT2D eigenvalue weighted by atomic mass is 19.1. The predicted octanol–water partition coefficient (Wildman–Crippen LogP) is 6.46. The largest absolute Gasteiger partial charge is 0.207 e. The van der Waals surface area contributed by atoms with Gasteiger partial charge >= 0.3 is 0 Å². The van der Waals surface area contributed by atoms with Crippen LogP contribution in [-0.4, -0.2) is 0 Å². The number of halogens is 2. The van der Waals surface area contributed by atoms with Gasteiger partial charge in [0.05, 0.1) is 11.1 Å². The molecule has 8 heteroatoms. The first-order chi connectivity index (χ1) is 19.4. The minimum atomic E-state index is -0.517. The fraction of sp³-hybridized carbons (Fsp3) is 0. The van der Waals surface area contributed by atoms with Crippen LogP contribution in [0, 0.1) is 79.6 Å². The first-order valence-corrected chi connectivity index (χ1v) is 11.5. The third kappa shape index (κ3) is 3.64. The molecule has 0 amide bonds. The second-order valence-electron chi connectivity index (χ2n) is 8.63. The second kappa shape index (κ2) is 9.71. The van der Waals surface area contributed by atoms with Gasteiger partial charge in [0.15, 0.2) is 0 Å². The van der Waals surface area contributed by atoms with Crippen molar-refractivity contribution in [1.29, 1.82) is 31.6 Å². The van der Waals surface area contributed by atoms with Crippen LogP contribution in [0.1, 0.15) is 33.4 Å². The van der Waals surface area contributed by atoms with Gasteiger partial charge in [0.2, 0.25) is 0 Å². The number of fused-ring (bicyclic) bond motifs is 2. The maximum atomic E-state index is 13.7. The lowest BCUT2D eigenvalue weighted by Gasteiger charge is -2.11. The van der Waals surface area contributed by atoms with Gasteiger partial charge < -0.3 is 0 Å². The topological polar surface area (TPSA) is 143 Å². The van der Waals surface area contributed by atoms with E-state index in [0.29, 0.717) is 33.4 Å². The minimum absolute atomic E-state index is 0.0889. The van der Waals surface area contributed by atoms with Crippen LogP contribution in [0.25, 0.3) is 33.4 Å². The number of rotatable bonds is 2. The van der Waals surface area contributed by atoms with Gasteiger partial charge in [-0.25, -0.2) is 8.78 Å². The Balaban J connectivity index is 1.92. The highest BCUT2D eigenvalue weighted by molar-refractivity contribution is 6.29. The minimum Gasteiger partial charge on any atom is -0.207 e. The molecule has 0 heterocycles. The van der Waals surface area contributed by atoms with E-state index in [4.69, 9.17) is 0 Å². The van der Waals surface area contributed by atoms with Crippen LogP contribution in [0.5, 0.6) is 0 Å². The van der Waals surface area contributed by atoms with E-state index < -0.39 is 11.6 Å². The molecule has 0 aromatic heterocycles. The van der Waals surface area contributed by atoms with Crippen molar-refractivity contribution in [3.63, 3.8) is 0 Å². The van der Waals surface area contributed by atoms with Crippen LogP contribution < -0.4 is 0 Å². The Morgan fingerprint density at radius 2 is 0.800 bits per heavy atom. The number of allylic oxidation sites excluding steroid dienone is 8. The molecule has 2 aliphatic rings. The lowest BCUT2D eigenvalue weighted by atomic mass is 9.90. The molecule has 0 radical (unpaired) electrons. The molecule has 0 saturated carbocycles. The molecule has 40 heavy (non-hydrogen) atoms. The molecular weight excluding hydrogens is 506 g/mol. The van der Waals surface area contributed by atoms with Crippen LogP contribution in [0.15, 0.2) is 71.8 Å². The average Bonchev–Trinajstić information content (AvgIpc) is 3.46. The number of hydrogen-bond acceptors (Lipinski definition) is 6. The Morgan fingerprint density at radius 3 is 1.07 bits per heavy atom. The van der Waals surface area contributed by atoms with Crippen molar-refractivity contribution >= 4 is 33.4 Å². The smallest absolute Gasteiger partial charge is 0.138 e. The Bertz CT molecular complexity index is 1870. The van der Waals surface area contributed by atoms with Crippen LogP contribution in [0.3, 0.4) is 0 Å². The fourth-order valence-corrected chi connectivity index (χ4v) is 5.05. The van der Waals surface area contributed by atoms with E-state index in [0.717, 1.165) is 0 Å². The lowest BCUT2D eigenvalue weighted by Crippen LogP contribution is -1.95. The second-order valence-corrected chi connectivity index (χ2v) is 8.63. The molecule has 182 valence electrons. The third-order valence-electron chi connectivity index (χ3n) is 6.67. The van der Waals surface area contributed by atoms with E-state index in [1.165, 1.54) is 48.5 Å². The standard InChI is InChI=1S/C32H10F2N6/c33-21-5-1-17(2-6-21)29-27(15-39)23-9-26-24(10-25(23)31(29)19(11-35)12-36)28(16-40)30(32(26)20(13-37)14-38)18-3-7-22(34)8-4-18/h1-10H. The molecule has 0 bridgehead atoms. The molecule has 0 aliphatic heterocycles. The summed E-state index contributed by atoms with van der Waals surface area (Å²) in [4.78, 5) is 0. The van der Waals surface area contributed by atoms with Crippen LogP contribution in [0.2, 0.25) is 0 Å². The maximum Gasteiger partial charge on any atom is 0.138 e. The molecule has 5 rings (SSSR count). The summed E-state index contributed by atoms with van der Waals surface area (Å²) in [5, 5.41) is 59.6. The summed E-state index contributed by atoms with van der Waals surface area (Å²) < 4.78 is 27.4. The Kier molecular flexibility index (Phi) is 6.09. The third-order valence-corrected chi connectivity index (χ3v) is 6.67. The number of hydrogen-bond donors (Lipinski definition) is 0. The molecule has 0 N–H and O–H groups in total. The summed E-state index contributed by atoms with van der Waals surface area (Å²) in [6, 6.07) is 25.2. The van der Waals surface area contributed by atoms with Gasteiger partial charge in [0.25, 0.3) is 0 Å². The number of benzene rings is 3.